The summed E-state index contributed by atoms with van der Waals surface area (Å²) < 4.78 is 0. The highest BCUT2D eigenvalue weighted by atomic mass is 14.8. The van der Waals surface area contributed by atoms with E-state index in [1.807, 2.05) is 0 Å². The van der Waals surface area contributed by atoms with Crippen LogP contribution in [-0.2, 0) is 6.42 Å². The highest BCUT2D eigenvalue weighted by molar-refractivity contribution is 6.14. The highest BCUT2D eigenvalue weighted by Crippen LogP contribution is 2.53. The first-order valence-corrected chi connectivity index (χ1v) is 9.13. The molecule has 1 aliphatic heterocycles. The number of hydrogen-bond acceptors (Lipinski definition) is 1. The van der Waals surface area contributed by atoms with E-state index in [4.69, 9.17) is 4.99 Å². The Kier molecular flexibility index (Phi) is 2.44. The largest absolute Gasteiger partial charge is 0.256 e. The van der Waals surface area contributed by atoms with Gasteiger partial charge in [0.1, 0.15) is 0 Å². The first kappa shape index (κ1) is 13.6. The lowest BCUT2D eigenvalue weighted by Crippen LogP contribution is -2.26. The van der Waals surface area contributed by atoms with Crippen LogP contribution < -0.4 is 0 Å². The Morgan fingerprint density at radius 3 is 2.76 bits per heavy atom. The van der Waals surface area contributed by atoms with Gasteiger partial charge in [-0.2, -0.15) is 0 Å². The lowest BCUT2D eigenvalue weighted by atomic mass is 9.67. The van der Waals surface area contributed by atoms with E-state index in [0.29, 0.717) is 11.8 Å². The van der Waals surface area contributed by atoms with Gasteiger partial charge in [0, 0.05) is 11.6 Å². The van der Waals surface area contributed by atoms with E-state index in [1.165, 1.54) is 49.9 Å². The zero-order valence-electron chi connectivity index (χ0n) is 14.5. The van der Waals surface area contributed by atoms with Crippen molar-refractivity contribution >= 4 is 22.2 Å². The van der Waals surface area contributed by atoms with Gasteiger partial charge in [0.05, 0.1) is 11.6 Å². The number of aliphatic imine (C=N–C) groups is 1. The van der Waals surface area contributed by atoms with Gasteiger partial charge in [-0.1, -0.05) is 48.6 Å². The van der Waals surface area contributed by atoms with Gasteiger partial charge < -0.3 is 0 Å². The highest BCUT2D eigenvalue weighted by Gasteiger charge is 2.41. The molecule has 2 atom stereocenters. The van der Waals surface area contributed by atoms with Crippen LogP contribution in [0.15, 0.2) is 59.6 Å². The van der Waals surface area contributed by atoms with Crippen molar-refractivity contribution in [2.75, 3.05) is 0 Å². The Bertz CT molecular complexity index is 1150. The van der Waals surface area contributed by atoms with Crippen molar-refractivity contribution in [2.24, 2.45) is 4.99 Å². The van der Waals surface area contributed by atoms with E-state index >= 15 is 0 Å². The summed E-state index contributed by atoms with van der Waals surface area (Å²) in [6, 6.07) is 15.7. The Morgan fingerprint density at radius 2 is 1.84 bits per heavy atom. The molecular weight excluding hydrogens is 302 g/mol. The molecule has 2 unspecified atom stereocenters. The lowest BCUT2D eigenvalue weighted by Gasteiger charge is -2.35. The van der Waals surface area contributed by atoms with Crippen LogP contribution in [0.4, 0.5) is 5.69 Å². The zero-order valence-corrected chi connectivity index (χ0v) is 14.5. The second-order valence-electron chi connectivity index (χ2n) is 7.62. The average Bonchev–Trinajstić information content (AvgIpc) is 3.01. The monoisotopic (exact) mass is 321 g/mol. The standard InChI is InChI=1S/C24H19N/c1-13-12-14(2)20-22-16(13)11-10-15-6-5-8-18(21(15)22)24-23(20)17-7-3-4-9-19(17)25-24/h3-5,7-12,18,23H,6H2,1-2H3. The van der Waals surface area contributed by atoms with Crippen molar-refractivity contribution in [2.45, 2.75) is 32.1 Å². The first-order valence-electron chi connectivity index (χ1n) is 9.13. The third-order valence-electron chi connectivity index (χ3n) is 6.27. The minimum Gasteiger partial charge on any atom is -0.256 e. The number of rotatable bonds is 0. The number of para-hydroxylation sites is 1. The summed E-state index contributed by atoms with van der Waals surface area (Å²) in [5.41, 5.74) is 11.1. The number of hydrogen-bond donors (Lipinski definition) is 0. The smallest absolute Gasteiger partial charge is 0.0671 e. The van der Waals surface area contributed by atoms with Gasteiger partial charge in [0.15, 0.2) is 0 Å². The van der Waals surface area contributed by atoms with Crippen LogP contribution in [0.5, 0.6) is 0 Å². The van der Waals surface area contributed by atoms with Crippen LogP contribution >= 0.6 is 0 Å². The Morgan fingerprint density at radius 1 is 0.960 bits per heavy atom. The molecule has 1 nitrogen and oxygen atoms in total. The van der Waals surface area contributed by atoms with Crippen LogP contribution in [0, 0.1) is 13.8 Å². The number of benzene rings is 3. The first-order chi connectivity index (χ1) is 12.2. The molecule has 2 aliphatic carbocycles. The SMILES string of the molecule is Cc1cc(C)c2ccc3c4c2c1C1C(=Nc2ccccc21)C4C=CC3. The number of allylic oxidation sites excluding steroid dienone is 2. The summed E-state index contributed by atoms with van der Waals surface area (Å²) >= 11 is 0. The van der Waals surface area contributed by atoms with E-state index in [2.05, 4.69) is 68.5 Å². The lowest BCUT2D eigenvalue weighted by molar-refractivity contribution is 0.950. The molecule has 0 amide bonds. The van der Waals surface area contributed by atoms with Crippen LogP contribution in [0.2, 0.25) is 0 Å². The molecule has 0 fully saturated rings. The average molecular weight is 321 g/mol. The predicted molar refractivity (Wildman–Crippen MR) is 104 cm³/mol. The summed E-state index contributed by atoms with van der Waals surface area (Å²) in [4.78, 5) is 5.12. The second kappa shape index (κ2) is 4.49. The summed E-state index contributed by atoms with van der Waals surface area (Å²) in [6.45, 7) is 4.52. The molecule has 25 heavy (non-hydrogen) atoms. The molecule has 0 radical (unpaired) electrons. The Hall–Kier alpha value is -2.67. The van der Waals surface area contributed by atoms with E-state index in [1.54, 1.807) is 0 Å². The molecule has 3 aliphatic rings. The molecule has 1 heteroatoms. The Labute approximate surface area is 147 Å². The molecule has 0 N–H and O–H groups in total. The maximum Gasteiger partial charge on any atom is 0.0671 e. The van der Waals surface area contributed by atoms with Crippen LogP contribution in [0.25, 0.3) is 10.8 Å². The van der Waals surface area contributed by atoms with Crippen molar-refractivity contribution < 1.29 is 0 Å². The molecule has 3 aromatic rings. The van der Waals surface area contributed by atoms with E-state index in [0.717, 1.165) is 12.1 Å². The van der Waals surface area contributed by atoms with Gasteiger partial charge in [-0.3, -0.25) is 4.99 Å². The fraction of sp³-hybridized carbons (Fsp3) is 0.208. The maximum atomic E-state index is 5.12. The molecule has 0 saturated carbocycles. The number of fused-ring (bicyclic) bond motifs is 5. The molecule has 0 saturated heterocycles. The Balaban J connectivity index is 1.84. The van der Waals surface area contributed by atoms with Crippen molar-refractivity contribution in [1.82, 2.24) is 0 Å². The molecular formula is C24H19N. The predicted octanol–water partition coefficient (Wildman–Crippen LogP) is 5.88. The van der Waals surface area contributed by atoms with Crippen LogP contribution in [0.1, 0.15) is 45.2 Å². The van der Waals surface area contributed by atoms with E-state index < -0.39 is 0 Å². The third-order valence-corrected chi connectivity index (χ3v) is 6.27. The van der Waals surface area contributed by atoms with Crippen LogP contribution in [0.3, 0.4) is 0 Å². The fourth-order valence-corrected chi connectivity index (χ4v) is 5.29. The zero-order chi connectivity index (χ0) is 16.7. The topological polar surface area (TPSA) is 12.4 Å². The van der Waals surface area contributed by atoms with Gasteiger partial charge in [-0.05, 0) is 70.5 Å². The molecule has 6 rings (SSSR count). The van der Waals surface area contributed by atoms with Gasteiger partial charge >= 0.3 is 0 Å². The molecule has 1 heterocycles. The number of aryl methyl sites for hydroxylation is 2. The second-order valence-corrected chi connectivity index (χ2v) is 7.62. The summed E-state index contributed by atoms with van der Waals surface area (Å²) in [7, 11) is 0. The molecule has 120 valence electrons. The summed E-state index contributed by atoms with van der Waals surface area (Å²) in [5, 5.41) is 2.92. The minimum atomic E-state index is 0.315. The summed E-state index contributed by atoms with van der Waals surface area (Å²) in [6.07, 6.45) is 5.76. The van der Waals surface area contributed by atoms with Gasteiger partial charge in [-0.15, -0.1) is 0 Å². The molecule has 0 bridgehead atoms. The van der Waals surface area contributed by atoms with Crippen molar-refractivity contribution in [3.8, 4) is 0 Å². The van der Waals surface area contributed by atoms with E-state index in [9.17, 15) is 0 Å². The fourth-order valence-electron chi connectivity index (χ4n) is 5.29. The van der Waals surface area contributed by atoms with E-state index in [-0.39, 0.29) is 0 Å². The molecule has 3 aromatic carbocycles. The van der Waals surface area contributed by atoms with Crippen LogP contribution in [-0.4, -0.2) is 5.71 Å². The van der Waals surface area contributed by atoms with Gasteiger partial charge in [0.2, 0.25) is 0 Å². The molecule has 0 aromatic heterocycles. The van der Waals surface area contributed by atoms with Crippen molar-refractivity contribution in [3.05, 3.63) is 88.0 Å². The minimum absolute atomic E-state index is 0.315. The summed E-state index contributed by atoms with van der Waals surface area (Å²) in [5.74, 6) is 0.647. The molecule has 0 spiro atoms. The number of nitrogens with zero attached hydrogens (tertiary/aromatic N) is 1. The quantitative estimate of drug-likeness (QED) is 0.458. The van der Waals surface area contributed by atoms with Gasteiger partial charge in [-0.25, -0.2) is 0 Å². The maximum absolute atomic E-state index is 5.12. The third kappa shape index (κ3) is 1.57. The van der Waals surface area contributed by atoms with Gasteiger partial charge in [0.25, 0.3) is 0 Å². The van der Waals surface area contributed by atoms with Crippen molar-refractivity contribution in [3.63, 3.8) is 0 Å². The van der Waals surface area contributed by atoms with Crippen molar-refractivity contribution in [1.29, 1.82) is 0 Å². The normalized spacial score (nSPS) is 21.9.